The predicted octanol–water partition coefficient (Wildman–Crippen LogP) is 3.05. The molecule has 2 aliphatic rings. The maximum atomic E-state index is 14.2. The summed E-state index contributed by atoms with van der Waals surface area (Å²) in [6, 6.07) is 4.49. The Hall–Kier alpha value is -2.74. The first-order valence-corrected chi connectivity index (χ1v) is 11.1. The van der Waals surface area contributed by atoms with Gasteiger partial charge in [-0.15, -0.1) is 0 Å². The number of rotatable bonds is 6. The van der Waals surface area contributed by atoms with Gasteiger partial charge in [0.15, 0.2) is 5.82 Å². The van der Waals surface area contributed by atoms with Gasteiger partial charge >= 0.3 is 0 Å². The van der Waals surface area contributed by atoms with Crippen LogP contribution in [0.25, 0.3) is 0 Å². The molecule has 0 spiro atoms. The number of nitrogens with one attached hydrogen (secondary N) is 1. The second-order valence-electron chi connectivity index (χ2n) is 8.53. The molecule has 1 fully saturated rings. The van der Waals surface area contributed by atoms with Crippen LogP contribution in [0.1, 0.15) is 37.6 Å². The first-order chi connectivity index (χ1) is 15.0. The topological polar surface area (TPSA) is 64.6 Å². The molecule has 3 heterocycles. The average Bonchev–Trinajstić information content (AvgIpc) is 3.27. The molecule has 31 heavy (non-hydrogen) atoms. The Morgan fingerprint density at radius 1 is 1.32 bits per heavy atom. The van der Waals surface area contributed by atoms with Crippen LogP contribution in [0, 0.1) is 11.7 Å². The molecule has 2 aromatic rings. The van der Waals surface area contributed by atoms with Crippen molar-refractivity contribution in [2.75, 3.05) is 49.1 Å². The van der Waals surface area contributed by atoms with Crippen LogP contribution in [-0.4, -0.2) is 66.1 Å². The zero-order valence-electron chi connectivity index (χ0n) is 18.5. The molecule has 166 valence electrons. The number of anilines is 3. The van der Waals surface area contributed by atoms with Crippen molar-refractivity contribution in [1.29, 1.82) is 0 Å². The quantitative estimate of drug-likeness (QED) is 0.766. The van der Waals surface area contributed by atoms with Gasteiger partial charge in [-0.3, -0.25) is 4.79 Å². The minimum Gasteiger partial charge on any atom is -0.353 e. The number of fused-ring (bicyclic) bond motifs is 1. The third kappa shape index (κ3) is 4.35. The predicted molar refractivity (Wildman–Crippen MR) is 120 cm³/mol. The van der Waals surface area contributed by atoms with Crippen molar-refractivity contribution < 1.29 is 9.18 Å². The normalized spacial score (nSPS) is 18.4. The van der Waals surface area contributed by atoms with E-state index in [0.717, 1.165) is 37.7 Å². The van der Waals surface area contributed by atoms with Gasteiger partial charge in [0.05, 0.1) is 17.4 Å². The molecule has 1 amide bonds. The summed E-state index contributed by atoms with van der Waals surface area (Å²) in [6.07, 6.45) is 4.52. The van der Waals surface area contributed by atoms with Crippen molar-refractivity contribution >= 4 is 23.1 Å². The van der Waals surface area contributed by atoms with Gasteiger partial charge in [-0.1, -0.05) is 0 Å². The van der Waals surface area contributed by atoms with Crippen LogP contribution in [0.2, 0.25) is 0 Å². The highest BCUT2D eigenvalue weighted by Crippen LogP contribution is 2.38. The maximum Gasteiger partial charge on any atom is 0.256 e. The van der Waals surface area contributed by atoms with Gasteiger partial charge in [-0.25, -0.2) is 14.4 Å². The van der Waals surface area contributed by atoms with Crippen LogP contribution in [-0.2, 0) is 0 Å². The molecular formula is C23H31FN6O. The van der Waals surface area contributed by atoms with Crippen molar-refractivity contribution in [3.63, 3.8) is 0 Å². The van der Waals surface area contributed by atoms with Crippen molar-refractivity contribution in [1.82, 2.24) is 20.2 Å². The number of carbonyl (C=O) groups is 1. The largest absolute Gasteiger partial charge is 0.353 e. The molecule has 0 radical (unpaired) electrons. The molecule has 7 nitrogen and oxygen atoms in total. The Bertz CT molecular complexity index is 930. The Labute approximate surface area is 183 Å². The van der Waals surface area contributed by atoms with E-state index in [1.807, 2.05) is 20.8 Å². The zero-order valence-corrected chi connectivity index (χ0v) is 18.5. The minimum absolute atomic E-state index is 0.0288. The second-order valence-corrected chi connectivity index (χ2v) is 8.53. The highest BCUT2D eigenvalue weighted by Gasteiger charge is 2.31. The highest BCUT2D eigenvalue weighted by atomic mass is 19.1. The lowest BCUT2D eigenvalue weighted by atomic mass is 10.1. The number of amides is 1. The minimum atomic E-state index is -0.413. The van der Waals surface area contributed by atoms with Crippen LogP contribution in [0.3, 0.4) is 0 Å². The van der Waals surface area contributed by atoms with Crippen LogP contribution in [0.15, 0.2) is 30.7 Å². The van der Waals surface area contributed by atoms with Gasteiger partial charge in [-0.2, -0.15) is 0 Å². The number of carbonyl (C=O) groups excluding carboxylic acids is 1. The summed E-state index contributed by atoms with van der Waals surface area (Å²) in [4.78, 5) is 28.3. The first-order valence-electron chi connectivity index (χ1n) is 11.1. The van der Waals surface area contributed by atoms with Crippen molar-refractivity contribution in [3.05, 3.63) is 42.1 Å². The Kier molecular flexibility index (Phi) is 6.36. The SMILES string of the molecule is CCN(C(=O)c1cc(F)ccc1N1CCN(CC2CCNC2)c2ncncc21)C(C)C. The molecule has 1 aromatic heterocycles. The van der Waals surface area contributed by atoms with E-state index >= 15 is 0 Å². The lowest BCUT2D eigenvalue weighted by molar-refractivity contribution is 0.0717. The van der Waals surface area contributed by atoms with Gasteiger partial charge in [0.1, 0.15) is 17.8 Å². The highest BCUT2D eigenvalue weighted by molar-refractivity contribution is 6.01. The van der Waals surface area contributed by atoms with E-state index < -0.39 is 5.82 Å². The fraction of sp³-hybridized carbons (Fsp3) is 0.522. The fourth-order valence-electron chi connectivity index (χ4n) is 4.62. The lowest BCUT2D eigenvalue weighted by Gasteiger charge is -2.39. The maximum absolute atomic E-state index is 14.2. The molecule has 1 N–H and O–H groups in total. The second kappa shape index (κ2) is 9.18. The fourth-order valence-corrected chi connectivity index (χ4v) is 4.62. The Balaban J connectivity index is 1.70. The number of hydrogen-bond donors (Lipinski definition) is 1. The molecule has 1 saturated heterocycles. The molecule has 1 unspecified atom stereocenters. The molecule has 0 bridgehead atoms. The summed E-state index contributed by atoms with van der Waals surface area (Å²) >= 11 is 0. The van der Waals surface area contributed by atoms with Crippen LogP contribution in [0.5, 0.6) is 0 Å². The van der Waals surface area contributed by atoms with Crippen LogP contribution in [0.4, 0.5) is 21.6 Å². The van der Waals surface area contributed by atoms with Crippen molar-refractivity contribution in [2.24, 2.45) is 5.92 Å². The summed E-state index contributed by atoms with van der Waals surface area (Å²) in [5.74, 6) is 0.891. The Morgan fingerprint density at radius 3 is 2.87 bits per heavy atom. The smallest absolute Gasteiger partial charge is 0.256 e. The standard InChI is InChI=1S/C23H31FN6O/c1-4-29(16(2)3)23(31)19-11-18(24)5-6-20(19)30-10-9-28(14-17-7-8-25-12-17)22-21(30)13-26-15-27-22/h5-6,11,13,15-17,25H,4,7-10,12,14H2,1-3H3. The van der Waals surface area contributed by atoms with Crippen LogP contribution < -0.4 is 15.1 Å². The molecule has 1 atom stereocenters. The van der Waals surface area contributed by atoms with Gasteiger partial charge in [-0.05, 0) is 64.4 Å². The van der Waals surface area contributed by atoms with Crippen LogP contribution >= 0.6 is 0 Å². The summed E-state index contributed by atoms with van der Waals surface area (Å²) in [5, 5.41) is 3.42. The lowest BCUT2D eigenvalue weighted by Crippen LogP contribution is -2.43. The third-order valence-corrected chi connectivity index (χ3v) is 6.20. The molecule has 0 saturated carbocycles. The van der Waals surface area contributed by atoms with E-state index in [1.165, 1.54) is 18.6 Å². The number of benzene rings is 1. The zero-order chi connectivity index (χ0) is 22.0. The molecule has 0 aliphatic carbocycles. The molecule has 4 rings (SSSR count). The molecule has 8 heteroatoms. The van der Waals surface area contributed by atoms with Crippen molar-refractivity contribution in [3.8, 4) is 0 Å². The summed E-state index contributed by atoms with van der Waals surface area (Å²) in [7, 11) is 0. The van der Waals surface area contributed by atoms with E-state index in [2.05, 4.69) is 25.1 Å². The number of nitrogens with zero attached hydrogens (tertiary/aromatic N) is 5. The molecule has 1 aromatic carbocycles. The van der Waals surface area contributed by atoms with E-state index in [1.54, 1.807) is 23.5 Å². The Morgan fingerprint density at radius 2 is 2.16 bits per heavy atom. The first kappa shape index (κ1) is 21.5. The number of halogens is 1. The molecular weight excluding hydrogens is 395 g/mol. The third-order valence-electron chi connectivity index (χ3n) is 6.20. The summed E-state index contributed by atoms with van der Waals surface area (Å²) in [5.41, 5.74) is 1.93. The summed E-state index contributed by atoms with van der Waals surface area (Å²) in [6.45, 7) is 10.9. The monoisotopic (exact) mass is 426 g/mol. The van der Waals surface area contributed by atoms with Crippen molar-refractivity contribution in [2.45, 2.75) is 33.2 Å². The van der Waals surface area contributed by atoms with Gasteiger partial charge in [0, 0.05) is 32.2 Å². The molecule has 2 aliphatic heterocycles. The average molecular weight is 427 g/mol. The van der Waals surface area contributed by atoms with Gasteiger partial charge < -0.3 is 20.0 Å². The number of hydrogen-bond acceptors (Lipinski definition) is 6. The van der Waals surface area contributed by atoms with E-state index in [0.29, 0.717) is 30.3 Å². The van der Waals surface area contributed by atoms with E-state index in [-0.39, 0.29) is 11.9 Å². The summed E-state index contributed by atoms with van der Waals surface area (Å²) < 4.78 is 14.2. The van der Waals surface area contributed by atoms with Gasteiger partial charge in [0.25, 0.3) is 5.91 Å². The van der Waals surface area contributed by atoms with Gasteiger partial charge in [0.2, 0.25) is 0 Å². The number of aromatic nitrogens is 2. The van der Waals surface area contributed by atoms with E-state index in [9.17, 15) is 9.18 Å². The van der Waals surface area contributed by atoms with E-state index in [4.69, 9.17) is 0 Å².